The Morgan fingerprint density at radius 1 is 1.19 bits per heavy atom. The van der Waals surface area contributed by atoms with Gasteiger partial charge in [-0.2, -0.15) is 13.2 Å². The molecule has 3 nitrogen and oxygen atoms in total. The molecule has 0 atom stereocenters. The molecule has 0 aliphatic heterocycles. The average Bonchev–Trinajstić information content (AvgIpc) is 2.25. The molecule has 0 spiro atoms. The van der Waals surface area contributed by atoms with E-state index in [1.165, 1.54) is 14.2 Å². The van der Waals surface area contributed by atoms with Gasteiger partial charge in [0, 0.05) is 5.56 Å². The molecule has 0 aliphatic rings. The van der Waals surface area contributed by atoms with Crippen LogP contribution in [0.2, 0.25) is 0 Å². The number of rotatable bonds is 3. The predicted octanol–water partition coefficient (Wildman–Crippen LogP) is 2.21. The summed E-state index contributed by atoms with van der Waals surface area (Å²) in [5, 5.41) is 8.98. The maximum absolute atomic E-state index is 12.6. The Kier molecular flexibility index (Phi) is 3.64. The second kappa shape index (κ2) is 4.61. The first kappa shape index (κ1) is 12.6. The Balaban J connectivity index is 3.43. The first-order valence-electron chi connectivity index (χ1n) is 4.37. The van der Waals surface area contributed by atoms with Gasteiger partial charge in [-0.25, -0.2) is 0 Å². The van der Waals surface area contributed by atoms with Crippen LogP contribution in [-0.4, -0.2) is 19.3 Å². The van der Waals surface area contributed by atoms with E-state index in [1.54, 1.807) is 0 Å². The zero-order chi connectivity index (χ0) is 12.3. The van der Waals surface area contributed by atoms with Gasteiger partial charge >= 0.3 is 6.18 Å². The fraction of sp³-hybridized carbons (Fsp3) is 0.400. The molecule has 1 N–H and O–H groups in total. The first-order valence-corrected chi connectivity index (χ1v) is 4.37. The Labute approximate surface area is 90.4 Å². The summed E-state index contributed by atoms with van der Waals surface area (Å²) in [5.74, 6) is 0.0550. The van der Waals surface area contributed by atoms with Crippen LogP contribution in [0.15, 0.2) is 12.1 Å². The fourth-order valence-electron chi connectivity index (χ4n) is 1.41. The molecule has 0 amide bonds. The van der Waals surface area contributed by atoms with Crippen LogP contribution in [0.3, 0.4) is 0 Å². The third kappa shape index (κ3) is 2.21. The van der Waals surface area contributed by atoms with E-state index in [4.69, 9.17) is 14.6 Å². The molecule has 6 heteroatoms. The molecule has 0 radical (unpaired) electrons. The molecule has 1 rings (SSSR count). The molecule has 90 valence electrons. The zero-order valence-corrected chi connectivity index (χ0v) is 8.76. The van der Waals surface area contributed by atoms with Gasteiger partial charge < -0.3 is 14.6 Å². The maximum atomic E-state index is 12.6. The Bertz CT molecular complexity index is 374. The van der Waals surface area contributed by atoms with Gasteiger partial charge in [0.25, 0.3) is 0 Å². The van der Waals surface area contributed by atoms with Crippen molar-refractivity contribution in [1.29, 1.82) is 0 Å². The number of hydrogen-bond acceptors (Lipinski definition) is 3. The third-order valence-electron chi connectivity index (χ3n) is 2.11. The highest BCUT2D eigenvalue weighted by Gasteiger charge is 2.35. The summed E-state index contributed by atoms with van der Waals surface area (Å²) in [4.78, 5) is 0. The number of hydrogen-bond donors (Lipinski definition) is 1. The van der Waals surface area contributed by atoms with Crippen molar-refractivity contribution in [3.05, 3.63) is 23.3 Å². The maximum Gasteiger partial charge on any atom is 0.416 e. The van der Waals surface area contributed by atoms with Crippen molar-refractivity contribution in [1.82, 2.24) is 0 Å². The van der Waals surface area contributed by atoms with Gasteiger partial charge in [-0.15, -0.1) is 0 Å². The van der Waals surface area contributed by atoms with Crippen LogP contribution in [0, 0.1) is 0 Å². The molecular weight excluding hydrogens is 225 g/mol. The van der Waals surface area contributed by atoms with Crippen LogP contribution in [0.5, 0.6) is 11.5 Å². The SMILES string of the molecule is COc1ccc(C(F)(F)F)c(CO)c1OC. The van der Waals surface area contributed by atoms with Crippen molar-refractivity contribution in [3.8, 4) is 11.5 Å². The monoisotopic (exact) mass is 236 g/mol. The van der Waals surface area contributed by atoms with Crippen molar-refractivity contribution in [2.45, 2.75) is 12.8 Å². The van der Waals surface area contributed by atoms with Crippen LogP contribution in [0.1, 0.15) is 11.1 Å². The Morgan fingerprint density at radius 2 is 1.81 bits per heavy atom. The van der Waals surface area contributed by atoms with Gasteiger partial charge in [0.15, 0.2) is 11.5 Å². The minimum Gasteiger partial charge on any atom is -0.493 e. The lowest BCUT2D eigenvalue weighted by molar-refractivity contribution is -0.138. The summed E-state index contributed by atoms with van der Waals surface area (Å²) in [5.41, 5.74) is -1.25. The van der Waals surface area contributed by atoms with Gasteiger partial charge in [-0.05, 0) is 12.1 Å². The van der Waals surface area contributed by atoms with E-state index in [9.17, 15) is 13.2 Å². The van der Waals surface area contributed by atoms with E-state index >= 15 is 0 Å². The van der Waals surface area contributed by atoms with Crippen LogP contribution >= 0.6 is 0 Å². The lowest BCUT2D eigenvalue weighted by Crippen LogP contribution is -2.11. The molecule has 0 saturated heterocycles. The molecule has 0 aromatic heterocycles. The molecule has 16 heavy (non-hydrogen) atoms. The standard InChI is InChI=1S/C10H11F3O3/c1-15-8-4-3-7(10(11,12)13)6(5-14)9(8)16-2/h3-4,14H,5H2,1-2H3. The fourth-order valence-corrected chi connectivity index (χ4v) is 1.41. The second-order valence-electron chi connectivity index (χ2n) is 2.98. The average molecular weight is 236 g/mol. The molecule has 0 heterocycles. The summed E-state index contributed by atoms with van der Waals surface area (Å²) in [6.07, 6.45) is -4.53. The van der Waals surface area contributed by atoms with Gasteiger partial charge in [0.1, 0.15) is 0 Å². The van der Waals surface area contributed by atoms with Gasteiger partial charge in [-0.3, -0.25) is 0 Å². The summed E-state index contributed by atoms with van der Waals surface area (Å²) in [7, 11) is 2.53. The minimum atomic E-state index is -4.53. The molecule has 0 unspecified atom stereocenters. The number of benzene rings is 1. The Morgan fingerprint density at radius 3 is 2.19 bits per heavy atom. The lowest BCUT2D eigenvalue weighted by Gasteiger charge is -2.16. The van der Waals surface area contributed by atoms with Crippen LogP contribution in [0.4, 0.5) is 13.2 Å². The summed E-state index contributed by atoms with van der Waals surface area (Å²) < 4.78 is 47.4. The van der Waals surface area contributed by atoms with Crippen molar-refractivity contribution >= 4 is 0 Å². The largest absolute Gasteiger partial charge is 0.493 e. The van der Waals surface area contributed by atoms with E-state index in [-0.39, 0.29) is 17.1 Å². The Hall–Kier alpha value is -1.43. The lowest BCUT2D eigenvalue weighted by atomic mass is 10.1. The second-order valence-corrected chi connectivity index (χ2v) is 2.98. The smallest absolute Gasteiger partial charge is 0.416 e. The molecule has 1 aromatic carbocycles. The number of aliphatic hydroxyl groups excluding tert-OH is 1. The first-order chi connectivity index (χ1) is 7.45. The highest BCUT2D eigenvalue weighted by atomic mass is 19.4. The van der Waals surface area contributed by atoms with Gasteiger partial charge in [-0.1, -0.05) is 0 Å². The minimum absolute atomic E-state index is 0.0974. The number of aliphatic hydroxyl groups is 1. The van der Waals surface area contributed by atoms with Crippen molar-refractivity contribution in [3.63, 3.8) is 0 Å². The summed E-state index contributed by atoms with van der Waals surface area (Å²) >= 11 is 0. The summed E-state index contributed by atoms with van der Waals surface area (Å²) in [6, 6.07) is 2.01. The molecule has 0 saturated carbocycles. The van der Waals surface area contributed by atoms with E-state index in [0.29, 0.717) is 0 Å². The molecule has 1 aromatic rings. The van der Waals surface area contributed by atoms with Gasteiger partial charge in [0.05, 0.1) is 26.4 Å². The number of ether oxygens (including phenoxy) is 2. The van der Waals surface area contributed by atoms with E-state index in [2.05, 4.69) is 0 Å². The van der Waals surface area contributed by atoms with Gasteiger partial charge in [0.2, 0.25) is 0 Å². The number of methoxy groups -OCH3 is 2. The molecule has 0 aliphatic carbocycles. The zero-order valence-electron chi connectivity index (χ0n) is 8.76. The van der Waals surface area contributed by atoms with E-state index in [1.807, 2.05) is 0 Å². The van der Waals surface area contributed by atoms with E-state index < -0.39 is 18.3 Å². The molecule has 0 bridgehead atoms. The highest BCUT2D eigenvalue weighted by Crippen LogP contribution is 2.40. The number of alkyl halides is 3. The van der Waals surface area contributed by atoms with E-state index in [0.717, 1.165) is 12.1 Å². The van der Waals surface area contributed by atoms with Crippen molar-refractivity contribution in [2.24, 2.45) is 0 Å². The quantitative estimate of drug-likeness (QED) is 0.874. The van der Waals surface area contributed by atoms with Crippen molar-refractivity contribution in [2.75, 3.05) is 14.2 Å². The predicted molar refractivity (Wildman–Crippen MR) is 50.5 cm³/mol. The highest BCUT2D eigenvalue weighted by molar-refractivity contribution is 5.51. The summed E-state index contributed by atoms with van der Waals surface area (Å²) in [6.45, 7) is -0.769. The number of halogens is 3. The van der Waals surface area contributed by atoms with Crippen LogP contribution < -0.4 is 9.47 Å². The molecular formula is C10H11F3O3. The van der Waals surface area contributed by atoms with Crippen molar-refractivity contribution < 1.29 is 27.8 Å². The third-order valence-corrected chi connectivity index (χ3v) is 2.11. The topological polar surface area (TPSA) is 38.7 Å². The molecule has 0 fully saturated rings. The van der Waals surface area contributed by atoms with Crippen LogP contribution in [-0.2, 0) is 12.8 Å². The van der Waals surface area contributed by atoms with Crippen LogP contribution in [0.25, 0.3) is 0 Å². The normalized spacial score (nSPS) is 11.4.